The molecule has 0 unspecified atom stereocenters. The van der Waals surface area contributed by atoms with Crippen molar-refractivity contribution in [2.24, 2.45) is 0 Å². The number of esters is 1. The van der Waals surface area contributed by atoms with Gasteiger partial charge >= 0.3 is 5.97 Å². The third-order valence-corrected chi connectivity index (χ3v) is 4.94. The zero-order valence-corrected chi connectivity index (χ0v) is 17.9. The molecule has 0 atom stereocenters. The third-order valence-electron chi connectivity index (χ3n) is 4.49. The molecule has 0 saturated carbocycles. The smallest absolute Gasteiger partial charge is 0.306 e. The molecule has 0 radical (unpaired) electrons. The van der Waals surface area contributed by atoms with E-state index in [4.69, 9.17) is 16.3 Å². The first-order valence-corrected chi connectivity index (χ1v) is 10.8. The van der Waals surface area contributed by atoms with Crippen molar-refractivity contribution in [1.82, 2.24) is 0 Å². The number of allylic oxidation sites excluding steroid dienone is 2. The molecule has 0 amide bonds. The van der Waals surface area contributed by atoms with Gasteiger partial charge in [0.2, 0.25) is 0 Å². The van der Waals surface area contributed by atoms with Gasteiger partial charge in [0.15, 0.2) is 5.60 Å². The lowest BCUT2D eigenvalue weighted by Gasteiger charge is -2.20. The van der Waals surface area contributed by atoms with E-state index in [2.05, 4.69) is 19.1 Å². The van der Waals surface area contributed by atoms with Gasteiger partial charge in [-0.3, -0.25) is 9.59 Å². The average molecular weight is 387 g/mol. The van der Waals surface area contributed by atoms with Gasteiger partial charge in [-0.1, -0.05) is 70.4 Å². The normalized spacial score (nSPS) is 11.8. The summed E-state index contributed by atoms with van der Waals surface area (Å²) in [5.41, 5.74) is -1.22. The minimum atomic E-state index is -1.22. The largest absolute Gasteiger partial charge is 0.450 e. The Kier molecular flexibility index (Phi) is 15.8. The Morgan fingerprint density at radius 2 is 1.27 bits per heavy atom. The summed E-state index contributed by atoms with van der Waals surface area (Å²) in [6, 6.07) is 0. The van der Waals surface area contributed by atoms with Crippen molar-refractivity contribution >= 4 is 22.8 Å². The maximum atomic E-state index is 11.7. The summed E-state index contributed by atoms with van der Waals surface area (Å²) in [5, 5.41) is -0.643. The highest BCUT2D eigenvalue weighted by atomic mass is 35.5. The van der Waals surface area contributed by atoms with Crippen LogP contribution >= 0.6 is 11.6 Å². The molecule has 3 nitrogen and oxygen atoms in total. The third kappa shape index (κ3) is 15.4. The van der Waals surface area contributed by atoms with Gasteiger partial charge in [0.05, 0.1) is 0 Å². The number of unbranched alkanes of at least 4 members (excludes halogenated alkanes) is 11. The zero-order valence-electron chi connectivity index (χ0n) is 17.2. The van der Waals surface area contributed by atoms with Crippen molar-refractivity contribution in [3.05, 3.63) is 12.2 Å². The SMILES string of the molecule is CCCCCCCCC=CCCCCCCCC(=O)OC(C)(C)C(=O)Cl. The predicted octanol–water partition coefficient (Wildman–Crippen LogP) is 7.11. The number of hydrogen-bond acceptors (Lipinski definition) is 3. The van der Waals surface area contributed by atoms with E-state index in [0.29, 0.717) is 6.42 Å². The van der Waals surface area contributed by atoms with Crippen molar-refractivity contribution < 1.29 is 14.3 Å². The van der Waals surface area contributed by atoms with E-state index in [9.17, 15) is 9.59 Å². The molecule has 0 aromatic rings. The standard InChI is InChI=1S/C22H39ClO3/c1-4-5-6-7-8-9-10-11-12-13-14-15-16-17-18-19-20(24)26-22(2,3)21(23)25/h11-12H,4-10,13-19H2,1-3H3. The Bertz CT molecular complexity index is 402. The topological polar surface area (TPSA) is 43.4 Å². The van der Waals surface area contributed by atoms with Crippen LogP contribution in [0.15, 0.2) is 12.2 Å². The number of carbonyl (C=O) groups excluding carboxylic acids is 2. The molecule has 0 heterocycles. The summed E-state index contributed by atoms with van der Waals surface area (Å²) in [6.45, 7) is 5.28. The fourth-order valence-corrected chi connectivity index (χ4v) is 2.75. The first kappa shape index (κ1) is 25.2. The Hall–Kier alpha value is -0.830. The second kappa shape index (κ2) is 16.4. The van der Waals surface area contributed by atoms with Crippen LogP contribution in [0, 0.1) is 0 Å². The average Bonchev–Trinajstić information content (AvgIpc) is 2.57. The van der Waals surface area contributed by atoms with Gasteiger partial charge in [-0.25, -0.2) is 0 Å². The van der Waals surface area contributed by atoms with Crippen LogP contribution in [0.3, 0.4) is 0 Å². The summed E-state index contributed by atoms with van der Waals surface area (Å²) in [7, 11) is 0. The van der Waals surface area contributed by atoms with Crippen LogP contribution < -0.4 is 0 Å². The first-order chi connectivity index (χ1) is 12.4. The molecular weight excluding hydrogens is 348 g/mol. The summed E-state index contributed by atoms with van der Waals surface area (Å²) in [4.78, 5) is 22.8. The molecule has 26 heavy (non-hydrogen) atoms. The van der Waals surface area contributed by atoms with Crippen LogP contribution in [-0.2, 0) is 14.3 Å². The summed E-state index contributed by atoms with van der Waals surface area (Å²) in [5.74, 6) is -0.346. The quantitative estimate of drug-likeness (QED) is 0.116. The second-order valence-electron chi connectivity index (χ2n) is 7.59. The molecule has 0 aromatic heterocycles. The summed E-state index contributed by atoms with van der Waals surface area (Å²) < 4.78 is 5.09. The molecule has 0 bridgehead atoms. The molecule has 0 fully saturated rings. The van der Waals surface area contributed by atoms with E-state index >= 15 is 0 Å². The van der Waals surface area contributed by atoms with Gasteiger partial charge < -0.3 is 4.74 Å². The van der Waals surface area contributed by atoms with E-state index in [1.165, 1.54) is 71.6 Å². The van der Waals surface area contributed by atoms with Crippen molar-refractivity contribution in [3.8, 4) is 0 Å². The maximum Gasteiger partial charge on any atom is 0.306 e. The highest BCUT2D eigenvalue weighted by Gasteiger charge is 2.29. The van der Waals surface area contributed by atoms with Crippen molar-refractivity contribution in [1.29, 1.82) is 0 Å². The second-order valence-corrected chi connectivity index (χ2v) is 7.94. The minimum Gasteiger partial charge on any atom is -0.450 e. The van der Waals surface area contributed by atoms with Crippen LogP contribution in [-0.4, -0.2) is 16.8 Å². The molecule has 0 aliphatic carbocycles. The predicted molar refractivity (Wildman–Crippen MR) is 110 cm³/mol. The monoisotopic (exact) mass is 386 g/mol. The molecule has 4 heteroatoms. The van der Waals surface area contributed by atoms with Gasteiger partial charge in [0, 0.05) is 6.42 Å². The highest BCUT2D eigenvalue weighted by molar-refractivity contribution is 6.65. The molecule has 0 N–H and O–H groups in total. The van der Waals surface area contributed by atoms with Gasteiger partial charge in [0.25, 0.3) is 5.24 Å². The molecule has 0 aliphatic rings. The summed E-state index contributed by atoms with van der Waals surface area (Å²) in [6.07, 6.45) is 20.9. The maximum absolute atomic E-state index is 11.7. The molecule has 152 valence electrons. The zero-order chi connectivity index (χ0) is 19.7. The molecule has 0 aliphatic heterocycles. The lowest BCUT2D eigenvalue weighted by molar-refractivity contribution is -0.161. The van der Waals surface area contributed by atoms with Crippen molar-refractivity contribution in [2.75, 3.05) is 0 Å². The number of carbonyl (C=O) groups is 2. The Labute approximate surface area is 165 Å². The first-order valence-electron chi connectivity index (χ1n) is 10.5. The van der Waals surface area contributed by atoms with Crippen LogP contribution in [0.2, 0.25) is 0 Å². The van der Waals surface area contributed by atoms with Crippen molar-refractivity contribution in [2.45, 2.75) is 116 Å². The fraction of sp³-hybridized carbons (Fsp3) is 0.818. The van der Waals surface area contributed by atoms with E-state index in [0.717, 1.165) is 25.7 Å². The lowest BCUT2D eigenvalue weighted by atomic mass is 10.1. The van der Waals surface area contributed by atoms with E-state index in [1.807, 2.05) is 0 Å². The van der Waals surface area contributed by atoms with Crippen LogP contribution in [0.4, 0.5) is 0 Å². The van der Waals surface area contributed by atoms with E-state index in [-0.39, 0.29) is 5.97 Å². The van der Waals surface area contributed by atoms with Gasteiger partial charge in [-0.2, -0.15) is 0 Å². The van der Waals surface area contributed by atoms with Gasteiger partial charge in [-0.15, -0.1) is 0 Å². The highest BCUT2D eigenvalue weighted by Crippen LogP contribution is 2.16. The Balaban J connectivity index is 3.39. The van der Waals surface area contributed by atoms with Crippen LogP contribution in [0.5, 0.6) is 0 Å². The lowest BCUT2D eigenvalue weighted by Crippen LogP contribution is -2.34. The number of halogens is 1. The van der Waals surface area contributed by atoms with Crippen LogP contribution in [0.1, 0.15) is 111 Å². The fourth-order valence-electron chi connectivity index (χ4n) is 2.72. The Morgan fingerprint density at radius 3 is 1.77 bits per heavy atom. The minimum absolute atomic E-state index is 0.346. The number of hydrogen-bond donors (Lipinski definition) is 0. The van der Waals surface area contributed by atoms with Gasteiger partial charge in [-0.05, 0) is 57.6 Å². The molecular formula is C22H39ClO3. The molecule has 0 saturated heterocycles. The van der Waals surface area contributed by atoms with Gasteiger partial charge in [0.1, 0.15) is 0 Å². The number of ether oxygens (including phenoxy) is 1. The number of rotatable bonds is 17. The molecule has 0 rings (SSSR count). The molecule has 0 spiro atoms. The van der Waals surface area contributed by atoms with E-state index < -0.39 is 10.8 Å². The summed E-state index contributed by atoms with van der Waals surface area (Å²) >= 11 is 5.39. The van der Waals surface area contributed by atoms with Crippen molar-refractivity contribution in [3.63, 3.8) is 0 Å². The Morgan fingerprint density at radius 1 is 0.808 bits per heavy atom. The van der Waals surface area contributed by atoms with Crippen LogP contribution in [0.25, 0.3) is 0 Å². The van der Waals surface area contributed by atoms with E-state index in [1.54, 1.807) is 0 Å². The molecule has 0 aromatic carbocycles.